The van der Waals surface area contributed by atoms with Crippen LogP contribution in [-0.2, 0) is 17.5 Å². The van der Waals surface area contributed by atoms with Crippen LogP contribution in [-0.4, -0.2) is 23.8 Å². The summed E-state index contributed by atoms with van der Waals surface area (Å²) in [4.78, 5) is 11.9. The molecule has 1 aliphatic heterocycles. The minimum atomic E-state index is -4.34. The number of rotatable bonds is 4. The average molecular weight is 338 g/mol. The molecule has 4 nitrogen and oxygen atoms in total. The van der Waals surface area contributed by atoms with Gasteiger partial charge in [0.05, 0.1) is 24.3 Å². The highest BCUT2D eigenvalue weighted by molar-refractivity contribution is 5.24. The summed E-state index contributed by atoms with van der Waals surface area (Å²) in [6.07, 6.45) is -2.84. The number of pyridine rings is 1. The molecule has 0 saturated carbocycles. The zero-order chi connectivity index (χ0) is 17.2. The fourth-order valence-electron chi connectivity index (χ4n) is 2.80. The quantitative estimate of drug-likeness (QED) is 0.932. The van der Waals surface area contributed by atoms with Gasteiger partial charge in [-0.3, -0.25) is 4.79 Å². The van der Waals surface area contributed by atoms with Crippen LogP contribution in [0.4, 0.5) is 13.2 Å². The van der Waals surface area contributed by atoms with Gasteiger partial charge in [0.1, 0.15) is 0 Å². The molecule has 1 aliphatic rings. The lowest BCUT2D eigenvalue weighted by Crippen LogP contribution is -2.32. The van der Waals surface area contributed by atoms with Gasteiger partial charge in [0.25, 0.3) is 5.56 Å². The van der Waals surface area contributed by atoms with Gasteiger partial charge in [-0.25, -0.2) is 0 Å². The summed E-state index contributed by atoms with van der Waals surface area (Å²) in [6.45, 7) is 1.40. The van der Waals surface area contributed by atoms with Crippen molar-refractivity contribution in [3.8, 4) is 0 Å². The smallest absolute Gasteiger partial charge is 0.370 e. The molecule has 1 N–H and O–H groups in total. The number of ether oxygens (including phenoxy) is 1. The maximum Gasteiger partial charge on any atom is 0.416 e. The topological polar surface area (TPSA) is 43.3 Å². The van der Waals surface area contributed by atoms with Crippen LogP contribution in [0.15, 0.2) is 53.5 Å². The predicted octanol–water partition coefficient (Wildman–Crippen LogP) is 2.60. The van der Waals surface area contributed by atoms with Crippen LogP contribution < -0.4 is 10.9 Å². The molecule has 24 heavy (non-hydrogen) atoms. The van der Waals surface area contributed by atoms with Crippen LogP contribution in [0.2, 0.25) is 0 Å². The lowest BCUT2D eigenvalue weighted by molar-refractivity contribution is -0.137. The highest BCUT2D eigenvalue weighted by Gasteiger charge is 2.31. The van der Waals surface area contributed by atoms with Crippen LogP contribution in [0.1, 0.15) is 17.2 Å². The third-order valence-corrected chi connectivity index (χ3v) is 4.08. The number of hydrogen-bond donors (Lipinski definition) is 1. The lowest BCUT2D eigenvalue weighted by atomic mass is 10.1. The van der Waals surface area contributed by atoms with Crippen molar-refractivity contribution in [2.75, 3.05) is 13.1 Å². The normalized spacial score (nSPS) is 21.1. The van der Waals surface area contributed by atoms with Crippen LogP contribution in [0.25, 0.3) is 0 Å². The van der Waals surface area contributed by atoms with Gasteiger partial charge in [0, 0.05) is 25.4 Å². The Morgan fingerprint density at radius 1 is 1.12 bits per heavy atom. The Kier molecular flexibility index (Phi) is 4.73. The summed E-state index contributed by atoms with van der Waals surface area (Å²) in [5.41, 5.74) is -0.120. The van der Waals surface area contributed by atoms with Gasteiger partial charge in [-0.15, -0.1) is 0 Å². The number of hydrogen-bond acceptors (Lipinski definition) is 3. The summed E-state index contributed by atoms with van der Waals surface area (Å²) in [5, 5.41) is 3.18. The largest absolute Gasteiger partial charge is 0.416 e. The van der Waals surface area contributed by atoms with E-state index in [1.807, 2.05) is 0 Å². The monoisotopic (exact) mass is 338 g/mol. The average Bonchev–Trinajstić information content (AvgIpc) is 3.01. The van der Waals surface area contributed by atoms with E-state index < -0.39 is 11.7 Å². The molecule has 0 spiro atoms. The number of nitrogens with one attached hydrogen (secondary N) is 1. The standard InChI is InChI=1S/C17H17F3N2O2/c18-17(19,20)13-6-4-12(5-7-13)11-24-15-10-21-9-14(15)22-8-2-1-3-16(22)23/h1-8,14-15,21H,9-11H2/t14-,15-/m1/s1. The van der Waals surface area contributed by atoms with E-state index in [1.54, 1.807) is 22.9 Å². The molecular weight excluding hydrogens is 321 g/mol. The molecule has 0 radical (unpaired) electrons. The van der Waals surface area contributed by atoms with Gasteiger partial charge in [-0.2, -0.15) is 13.2 Å². The molecule has 0 unspecified atom stereocenters. The van der Waals surface area contributed by atoms with Gasteiger partial charge in [0.2, 0.25) is 0 Å². The second-order valence-electron chi connectivity index (χ2n) is 5.72. The van der Waals surface area contributed by atoms with E-state index in [4.69, 9.17) is 4.74 Å². The predicted molar refractivity (Wildman–Crippen MR) is 82.6 cm³/mol. The third-order valence-electron chi connectivity index (χ3n) is 4.08. The first kappa shape index (κ1) is 16.7. The van der Waals surface area contributed by atoms with Crippen molar-refractivity contribution in [2.45, 2.75) is 24.9 Å². The lowest BCUT2D eigenvalue weighted by Gasteiger charge is -2.21. The van der Waals surface area contributed by atoms with Crippen molar-refractivity contribution in [2.24, 2.45) is 0 Å². The van der Waals surface area contributed by atoms with Crippen LogP contribution in [0.3, 0.4) is 0 Å². The molecule has 1 fully saturated rings. The van der Waals surface area contributed by atoms with E-state index in [1.165, 1.54) is 18.2 Å². The van der Waals surface area contributed by atoms with Gasteiger partial charge in [-0.05, 0) is 23.8 Å². The minimum Gasteiger partial charge on any atom is -0.370 e. The van der Waals surface area contributed by atoms with E-state index in [9.17, 15) is 18.0 Å². The first-order valence-electron chi connectivity index (χ1n) is 7.61. The summed E-state index contributed by atoms with van der Waals surface area (Å²) < 4.78 is 45.1. The van der Waals surface area contributed by atoms with E-state index >= 15 is 0 Å². The fraction of sp³-hybridized carbons (Fsp3) is 0.353. The van der Waals surface area contributed by atoms with E-state index in [0.29, 0.717) is 18.7 Å². The SMILES string of the molecule is O=c1ccccn1[C@@H]1CNC[C@H]1OCc1ccc(C(F)(F)F)cc1. The second kappa shape index (κ2) is 6.78. The first-order valence-corrected chi connectivity index (χ1v) is 7.61. The van der Waals surface area contributed by atoms with Gasteiger partial charge >= 0.3 is 6.18 Å². The molecule has 128 valence electrons. The highest BCUT2D eigenvalue weighted by atomic mass is 19.4. The Labute approximate surface area is 136 Å². The number of halogens is 3. The molecular formula is C17H17F3N2O2. The fourth-order valence-corrected chi connectivity index (χ4v) is 2.80. The van der Waals surface area contributed by atoms with E-state index in [0.717, 1.165) is 12.1 Å². The molecule has 7 heteroatoms. The summed E-state index contributed by atoms with van der Waals surface area (Å²) in [7, 11) is 0. The van der Waals surface area contributed by atoms with Crippen LogP contribution >= 0.6 is 0 Å². The summed E-state index contributed by atoms with van der Waals surface area (Å²) in [5.74, 6) is 0. The number of aromatic nitrogens is 1. The maximum atomic E-state index is 12.6. The molecule has 2 atom stereocenters. The van der Waals surface area contributed by atoms with Crippen molar-refractivity contribution >= 4 is 0 Å². The minimum absolute atomic E-state index is 0.102. The zero-order valence-electron chi connectivity index (χ0n) is 12.8. The van der Waals surface area contributed by atoms with Gasteiger partial charge < -0.3 is 14.6 Å². The van der Waals surface area contributed by atoms with Crippen molar-refractivity contribution in [3.05, 3.63) is 70.1 Å². The Bertz CT molecular complexity index is 740. The van der Waals surface area contributed by atoms with Crippen molar-refractivity contribution < 1.29 is 17.9 Å². The molecule has 3 rings (SSSR count). The molecule has 0 amide bonds. The zero-order valence-corrected chi connectivity index (χ0v) is 12.8. The Hall–Kier alpha value is -2.12. The van der Waals surface area contributed by atoms with Gasteiger partial charge in [0.15, 0.2) is 0 Å². The van der Waals surface area contributed by atoms with Crippen molar-refractivity contribution in [3.63, 3.8) is 0 Å². The molecule has 0 bridgehead atoms. The third kappa shape index (κ3) is 3.68. The first-order chi connectivity index (χ1) is 11.4. The molecule has 1 aromatic carbocycles. The second-order valence-corrected chi connectivity index (χ2v) is 5.72. The number of nitrogens with zero attached hydrogens (tertiary/aromatic N) is 1. The summed E-state index contributed by atoms with van der Waals surface area (Å²) in [6, 6.07) is 9.74. The van der Waals surface area contributed by atoms with E-state index in [-0.39, 0.29) is 24.3 Å². The molecule has 0 aliphatic carbocycles. The van der Waals surface area contributed by atoms with Crippen molar-refractivity contribution in [1.29, 1.82) is 0 Å². The summed E-state index contributed by atoms with van der Waals surface area (Å²) >= 11 is 0. The number of alkyl halides is 3. The molecule has 2 aromatic rings. The molecule has 1 aromatic heterocycles. The van der Waals surface area contributed by atoms with Crippen LogP contribution in [0.5, 0.6) is 0 Å². The Morgan fingerprint density at radius 3 is 2.54 bits per heavy atom. The highest BCUT2D eigenvalue weighted by Crippen LogP contribution is 2.29. The van der Waals surface area contributed by atoms with Gasteiger partial charge in [-0.1, -0.05) is 18.2 Å². The Balaban J connectivity index is 1.66. The molecule has 2 heterocycles. The Morgan fingerprint density at radius 2 is 1.88 bits per heavy atom. The number of benzene rings is 1. The van der Waals surface area contributed by atoms with E-state index in [2.05, 4.69) is 5.32 Å². The van der Waals surface area contributed by atoms with Crippen LogP contribution in [0, 0.1) is 0 Å². The molecule has 1 saturated heterocycles. The maximum absolute atomic E-state index is 12.6. The van der Waals surface area contributed by atoms with Crippen molar-refractivity contribution in [1.82, 2.24) is 9.88 Å².